The van der Waals surface area contributed by atoms with Crippen molar-refractivity contribution in [3.05, 3.63) is 141 Å². The quantitative estimate of drug-likeness (QED) is 0.0344. The van der Waals surface area contributed by atoms with Gasteiger partial charge in [-0.05, 0) is 145 Å². The SMILES string of the molecule is COc1cc(/C=C\c2ccc(C)c(NC3=NCCC(C)S3)c2)cc(OC)c1OC.COc1cc(C=Cc2ccc(C)c(NC3=NCCC(C)S3)c2)cc(OC)c1OC.COc1cc(C=Cc2ccc(C)c(NC3=NCCC(C)S3)c2)cc(OC)c1OC.O=P(O)(O)O.O=P([O-])([O-])[O-].[H+].[H+].[H+]. The molecule has 0 aromatic heterocycles. The van der Waals surface area contributed by atoms with E-state index in [1.165, 1.54) is 16.7 Å². The number of amidine groups is 3. The Kier molecular flexibility index (Phi) is 32.8. The van der Waals surface area contributed by atoms with Crippen LogP contribution < -0.4 is 73.3 Å². The van der Waals surface area contributed by atoms with Gasteiger partial charge in [0.15, 0.2) is 50.0 Å². The second-order valence-corrected chi connectivity index (χ2v) is 27.8. The van der Waals surface area contributed by atoms with Gasteiger partial charge in [0.05, 0.1) is 64.0 Å². The van der Waals surface area contributed by atoms with Gasteiger partial charge < -0.3 is 92.5 Å². The highest BCUT2D eigenvalue weighted by Crippen LogP contribution is 2.42. The van der Waals surface area contributed by atoms with E-state index in [0.29, 0.717) is 67.5 Å². The van der Waals surface area contributed by atoms with Gasteiger partial charge >= 0.3 is 12.1 Å². The lowest BCUT2D eigenvalue weighted by molar-refractivity contribution is -0.432. The number of aliphatic imine (C=N–C) groups is 3. The number of ether oxygens (including phenoxy) is 9. The van der Waals surface area contributed by atoms with E-state index in [2.05, 4.69) is 145 Å². The molecule has 28 heteroatoms. The zero-order valence-corrected chi connectivity index (χ0v) is 61.4. The summed E-state index contributed by atoms with van der Waals surface area (Å²) < 4.78 is 66.2. The highest BCUT2D eigenvalue weighted by Gasteiger charge is 2.19. The van der Waals surface area contributed by atoms with Crippen molar-refractivity contribution in [1.29, 1.82) is 0 Å². The number of benzene rings is 6. The van der Waals surface area contributed by atoms with Gasteiger partial charge in [-0.25, -0.2) is 4.57 Å². The number of nitrogens with zero attached hydrogens (tertiary/aromatic N) is 3. The fraction of sp³-hybridized carbons (Fsp3) is 0.348. The van der Waals surface area contributed by atoms with E-state index >= 15 is 0 Å². The predicted octanol–water partition coefficient (Wildman–Crippen LogP) is 13.0. The third-order valence-corrected chi connectivity index (χ3v) is 17.6. The number of anilines is 3. The molecule has 0 spiro atoms. The molecule has 0 saturated heterocycles. The summed E-state index contributed by atoms with van der Waals surface area (Å²) in [5.74, 6) is 5.60. The average Bonchev–Trinajstić information content (AvgIpc) is 0.842. The lowest BCUT2D eigenvalue weighted by Crippen LogP contribution is -2.24. The molecule has 97 heavy (non-hydrogen) atoms. The van der Waals surface area contributed by atoms with Crippen LogP contribution in [-0.2, 0) is 9.13 Å². The Bertz CT molecular complexity index is 3430. The topological polar surface area (TPSA) is 320 Å². The highest BCUT2D eigenvalue weighted by atomic mass is 32.2. The Hall–Kier alpha value is -7.58. The van der Waals surface area contributed by atoms with Crippen LogP contribution in [0.4, 0.5) is 17.1 Å². The maximum absolute atomic E-state index is 8.88. The van der Waals surface area contributed by atoms with Crippen LogP contribution in [0.3, 0.4) is 0 Å². The number of aryl methyl sites for hydroxylation is 3. The summed E-state index contributed by atoms with van der Waals surface area (Å²) in [5.41, 5.74) is 13.0. The molecular formula is C69H90N6O17P2S3. The number of rotatable bonds is 18. The fourth-order valence-electron chi connectivity index (χ4n) is 9.26. The van der Waals surface area contributed by atoms with Crippen LogP contribution in [0, 0.1) is 20.8 Å². The van der Waals surface area contributed by atoms with E-state index in [1.54, 1.807) is 99.3 Å². The number of nitrogens with one attached hydrogen (secondary N) is 3. The minimum Gasteiger partial charge on any atom is -0.822 e. The van der Waals surface area contributed by atoms with Crippen molar-refractivity contribution in [3.63, 3.8) is 0 Å². The zero-order chi connectivity index (χ0) is 71.4. The highest BCUT2D eigenvalue weighted by molar-refractivity contribution is 8.15. The van der Waals surface area contributed by atoms with Gasteiger partial charge in [-0.1, -0.05) is 129 Å². The van der Waals surface area contributed by atoms with Gasteiger partial charge in [-0.2, -0.15) is 7.82 Å². The van der Waals surface area contributed by atoms with Gasteiger partial charge in [0, 0.05) is 52.4 Å². The van der Waals surface area contributed by atoms with Crippen LogP contribution in [0.5, 0.6) is 51.7 Å². The van der Waals surface area contributed by atoms with Gasteiger partial charge in [-0.3, -0.25) is 15.0 Å². The Morgan fingerprint density at radius 3 is 0.794 bits per heavy atom. The number of phosphoric acid groups is 2. The van der Waals surface area contributed by atoms with Gasteiger partial charge in [0.2, 0.25) is 17.2 Å². The predicted molar refractivity (Wildman–Crippen MR) is 397 cm³/mol. The third-order valence-electron chi connectivity index (χ3n) is 14.3. The average molecular weight is 1430 g/mol. The molecule has 3 heterocycles. The summed E-state index contributed by atoms with van der Waals surface area (Å²) >= 11 is 5.40. The van der Waals surface area contributed by atoms with E-state index in [0.717, 1.165) is 105 Å². The number of hydrogen-bond donors (Lipinski definition) is 6. The molecule has 23 nitrogen and oxygen atoms in total. The van der Waals surface area contributed by atoms with E-state index in [9.17, 15) is 0 Å². The molecule has 3 aliphatic heterocycles. The summed E-state index contributed by atoms with van der Waals surface area (Å²) in [4.78, 5) is 61.0. The first kappa shape index (κ1) is 80.1. The van der Waals surface area contributed by atoms with Crippen molar-refractivity contribution in [2.45, 2.75) is 76.6 Å². The van der Waals surface area contributed by atoms with Crippen LogP contribution >= 0.6 is 50.9 Å². The van der Waals surface area contributed by atoms with Crippen LogP contribution in [0.25, 0.3) is 36.5 Å². The van der Waals surface area contributed by atoms with Crippen molar-refractivity contribution >= 4 is 120 Å². The Morgan fingerprint density at radius 2 is 0.608 bits per heavy atom. The maximum atomic E-state index is 8.88. The van der Waals surface area contributed by atoms with Crippen molar-refractivity contribution in [2.24, 2.45) is 15.0 Å². The molecule has 3 atom stereocenters. The Balaban J connectivity index is 0.000000469. The molecule has 0 radical (unpaired) electrons. The van der Waals surface area contributed by atoms with Crippen LogP contribution in [0.1, 0.15) is 94.4 Å². The standard InChI is InChI=1S/3C23H28N2O3S.2H3O4P/c3*1-15-6-7-17(12-19(15)25-23-24-11-10-16(2)29-23)8-9-18-13-20(26-3)22(28-5)21(14-18)27-4;2*1-5(2,3)4/h3*6-9,12-14,16H,10-11H2,1-5H3,(H,24,25);2*(H3,1,2,3,4)/b9-8-;;;;. The molecule has 3 unspecified atom stereocenters. The molecule has 9 rings (SSSR count). The zero-order valence-electron chi connectivity index (χ0n) is 60.1. The maximum Gasteiger partial charge on any atom is 1.00 e. The van der Waals surface area contributed by atoms with Crippen molar-refractivity contribution in [3.8, 4) is 51.7 Å². The molecule has 6 aromatic carbocycles. The first-order chi connectivity index (χ1) is 46.1. The smallest absolute Gasteiger partial charge is 0.822 e. The Labute approximate surface area is 586 Å². The van der Waals surface area contributed by atoms with E-state index in [4.69, 9.17) is 81.1 Å². The largest absolute Gasteiger partial charge is 1.00 e. The molecule has 6 aromatic rings. The first-order valence-electron chi connectivity index (χ1n) is 30.3. The monoisotopic (exact) mass is 1430 g/mol. The number of thioether (sulfide) groups is 3. The van der Waals surface area contributed by atoms with Crippen molar-refractivity contribution in [2.75, 3.05) is 99.6 Å². The molecule has 526 valence electrons. The van der Waals surface area contributed by atoms with E-state index in [1.807, 2.05) is 54.6 Å². The minimum absolute atomic E-state index is 0. The summed E-state index contributed by atoms with van der Waals surface area (Å²) in [6.07, 6.45) is 15.7. The molecule has 0 saturated carbocycles. The van der Waals surface area contributed by atoms with Gasteiger partial charge in [0.25, 0.3) is 0 Å². The van der Waals surface area contributed by atoms with E-state index < -0.39 is 15.6 Å². The second-order valence-electron chi connectivity index (χ2n) is 21.6. The molecule has 3 aliphatic rings. The molecule has 0 fully saturated rings. The summed E-state index contributed by atoms with van der Waals surface area (Å²) in [6, 6.07) is 30.7. The first-order valence-corrected chi connectivity index (χ1v) is 36.0. The summed E-state index contributed by atoms with van der Waals surface area (Å²) in [7, 11) is 4.51. The van der Waals surface area contributed by atoms with Crippen molar-refractivity contribution < 1.29 is 85.4 Å². The fourth-order valence-corrected chi connectivity index (χ4v) is 12.1. The lowest BCUT2D eigenvalue weighted by Gasteiger charge is -2.36. The lowest BCUT2D eigenvalue weighted by atomic mass is 10.1. The van der Waals surface area contributed by atoms with E-state index in [-0.39, 0.29) is 4.28 Å². The van der Waals surface area contributed by atoms with Crippen LogP contribution in [0.2, 0.25) is 0 Å². The summed E-state index contributed by atoms with van der Waals surface area (Å²) in [5, 5.41) is 15.3. The second kappa shape index (κ2) is 39.7. The third kappa shape index (κ3) is 27.7. The van der Waals surface area contributed by atoms with Crippen LogP contribution in [-0.4, -0.2) is 130 Å². The molecule has 0 aliphatic carbocycles. The number of hydrogen-bond acceptors (Lipinski definition) is 23. The van der Waals surface area contributed by atoms with Gasteiger partial charge in [0.1, 0.15) is 0 Å². The molecule has 6 N–H and O–H groups in total. The molecular weight excluding hydrogens is 1340 g/mol. The number of methoxy groups -OCH3 is 9. The molecule has 0 bridgehead atoms. The normalized spacial score (nSPS) is 16.0. The van der Waals surface area contributed by atoms with Crippen LogP contribution in [0.15, 0.2) is 106 Å². The van der Waals surface area contributed by atoms with Crippen molar-refractivity contribution in [1.82, 2.24) is 0 Å². The summed E-state index contributed by atoms with van der Waals surface area (Å²) in [6.45, 7) is 15.7. The molecule has 0 amide bonds. The van der Waals surface area contributed by atoms with Gasteiger partial charge in [-0.15, -0.1) is 0 Å². The minimum atomic E-state index is -5.39. The Morgan fingerprint density at radius 1 is 0.402 bits per heavy atom.